The summed E-state index contributed by atoms with van der Waals surface area (Å²) >= 11 is 1.94. The molecular weight excluding hydrogens is 222 g/mol. The molecular formula is C11H19N3OS. The Morgan fingerprint density at radius 3 is 3.19 bits per heavy atom. The molecule has 0 aliphatic carbocycles. The molecule has 1 aliphatic heterocycles. The van der Waals surface area contributed by atoms with Gasteiger partial charge < -0.3 is 9.84 Å². The number of hydrogen-bond donors (Lipinski definition) is 1. The summed E-state index contributed by atoms with van der Waals surface area (Å²) in [6, 6.07) is 0.496. The second-order valence-corrected chi connectivity index (χ2v) is 5.59. The molecule has 1 aromatic rings. The monoisotopic (exact) mass is 241 g/mol. The van der Waals surface area contributed by atoms with E-state index in [1.807, 2.05) is 18.8 Å². The summed E-state index contributed by atoms with van der Waals surface area (Å²) in [6.45, 7) is 2.16. The second kappa shape index (κ2) is 5.68. The lowest BCUT2D eigenvalue weighted by Crippen LogP contribution is -2.21. The van der Waals surface area contributed by atoms with Crippen molar-refractivity contribution in [3.8, 4) is 0 Å². The lowest BCUT2D eigenvalue weighted by Gasteiger charge is -2.06. The number of thioether (sulfide) groups is 1. The Balaban J connectivity index is 1.86. The Hall–Kier alpha value is -0.550. The average Bonchev–Trinajstić information content (AvgIpc) is 2.95. The van der Waals surface area contributed by atoms with E-state index in [9.17, 15) is 0 Å². The van der Waals surface area contributed by atoms with Gasteiger partial charge in [0, 0.05) is 12.5 Å². The minimum absolute atomic E-state index is 0.472. The van der Waals surface area contributed by atoms with E-state index in [0.717, 1.165) is 24.6 Å². The van der Waals surface area contributed by atoms with Crippen molar-refractivity contribution in [1.29, 1.82) is 0 Å². The summed E-state index contributed by atoms with van der Waals surface area (Å²) in [5, 5.41) is 7.75. The Morgan fingerprint density at radius 1 is 1.62 bits per heavy atom. The third kappa shape index (κ3) is 2.98. The molecule has 2 rings (SSSR count). The van der Waals surface area contributed by atoms with E-state index >= 15 is 0 Å². The van der Waals surface area contributed by atoms with E-state index in [1.165, 1.54) is 18.6 Å². The molecule has 0 bridgehead atoms. The molecule has 0 radical (unpaired) electrons. The molecule has 0 aromatic carbocycles. The van der Waals surface area contributed by atoms with Crippen LogP contribution in [0, 0.1) is 0 Å². The molecule has 1 N–H and O–H groups in total. The van der Waals surface area contributed by atoms with Crippen LogP contribution in [0.5, 0.6) is 0 Å². The molecule has 0 saturated carbocycles. The Kier molecular flexibility index (Phi) is 4.23. The van der Waals surface area contributed by atoms with Gasteiger partial charge in [-0.15, -0.1) is 0 Å². The zero-order valence-electron chi connectivity index (χ0n) is 9.90. The molecule has 5 heteroatoms. The number of aryl methyl sites for hydroxylation is 1. The molecule has 1 fully saturated rings. The quantitative estimate of drug-likeness (QED) is 0.856. The lowest BCUT2D eigenvalue weighted by molar-refractivity contribution is 0.364. The van der Waals surface area contributed by atoms with Crippen LogP contribution in [0.1, 0.15) is 43.2 Å². The highest BCUT2D eigenvalue weighted by atomic mass is 32.2. The van der Waals surface area contributed by atoms with Crippen LogP contribution in [0.25, 0.3) is 0 Å². The van der Waals surface area contributed by atoms with Gasteiger partial charge in [-0.3, -0.25) is 0 Å². The summed E-state index contributed by atoms with van der Waals surface area (Å²) in [6.07, 6.45) is 4.37. The van der Waals surface area contributed by atoms with Crippen LogP contribution < -0.4 is 5.32 Å². The van der Waals surface area contributed by atoms with Crippen molar-refractivity contribution in [2.24, 2.45) is 0 Å². The number of nitrogens with zero attached hydrogens (tertiary/aromatic N) is 2. The third-order valence-corrected chi connectivity index (χ3v) is 4.36. The molecule has 4 nitrogen and oxygen atoms in total. The van der Waals surface area contributed by atoms with Crippen LogP contribution in [0.15, 0.2) is 4.52 Å². The largest absolute Gasteiger partial charge is 0.339 e. The van der Waals surface area contributed by atoms with Crippen LogP contribution in [-0.2, 0) is 6.42 Å². The molecule has 2 heterocycles. The number of nitrogens with one attached hydrogen (secondary N) is 1. The first-order chi connectivity index (χ1) is 7.79. The normalized spacial score (nSPS) is 22.5. The first-order valence-electron chi connectivity index (χ1n) is 5.91. The topological polar surface area (TPSA) is 51.0 Å². The summed E-state index contributed by atoms with van der Waals surface area (Å²) in [5.74, 6) is 2.91. The zero-order chi connectivity index (χ0) is 11.4. The number of rotatable bonds is 5. The highest BCUT2D eigenvalue weighted by Crippen LogP contribution is 2.38. The lowest BCUT2D eigenvalue weighted by atomic mass is 10.2. The van der Waals surface area contributed by atoms with Gasteiger partial charge in [0.15, 0.2) is 5.82 Å². The Labute approximate surface area is 101 Å². The van der Waals surface area contributed by atoms with Crippen LogP contribution >= 0.6 is 11.8 Å². The van der Waals surface area contributed by atoms with E-state index < -0.39 is 0 Å². The van der Waals surface area contributed by atoms with Crippen molar-refractivity contribution in [3.63, 3.8) is 0 Å². The van der Waals surface area contributed by atoms with Gasteiger partial charge in [-0.05, 0) is 39.0 Å². The molecule has 0 spiro atoms. The molecule has 2 unspecified atom stereocenters. The standard InChI is InChI=1S/C11H19N3OS/c1-8(12-2)5-6-10-13-11(14-15-10)9-4-3-7-16-9/h8-9,12H,3-7H2,1-2H3. The SMILES string of the molecule is CNC(C)CCc1nc(C2CCCS2)no1. The van der Waals surface area contributed by atoms with Crippen LogP contribution in [0.3, 0.4) is 0 Å². The van der Waals surface area contributed by atoms with Gasteiger partial charge in [0.2, 0.25) is 5.89 Å². The summed E-state index contributed by atoms with van der Waals surface area (Å²) < 4.78 is 5.27. The minimum atomic E-state index is 0.472. The fraction of sp³-hybridized carbons (Fsp3) is 0.818. The average molecular weight is 241 g/mol. The highest BCUT2D eigenvalue weighted by Gasteiger charge is 2.22. The summed E-state index contributed by atoms with van der Waals surface area (Å²) in [5.41, 5.74) is 0. The number of aromatic nitrogens is 2. The minimum Gasteiger partial charge on any atom is -0.339 e. The van der Waals surface area contributed by atoms with Gasteiger partial charge in [-0.1, -0.05) is 5.16 Å². The van der Waals surface area contributed by atoms with E-state index in [2.05, 4.69) is 22.4 Å². The van der Waals surface area contributed by atoms with Crippen molar-refractivity contribution in [2.75, 3.05) is 12.8 Å². The predicted molar refractivity (Wildman–Crippen MR) is 65.6 cm³/mol. The maximum Gasteiger partial charge on any atom is 0.226 e. The molecule has 2 atom stereocenters. The van der Waals surface area contributed by atoms with Gasteiger partial charge in [0.05, 0.1) is 5.25 Å². The first kappa shape index (κ1) is 11.9. The second-order valence-electron chi connectivity index (χ2n) is 4.28. The highest BCUT2D eigenvalue weighted by molar-refractivity contribution is 7.99. The van der Waals surface area contributed by atoms with Gasteiger partial charge in [0.25, 0.3) is 0 Å². The fourth-order valence-electron chi connectivity index (χ4n) is 1.77. The van der Waals surface area contributed by atoms with Crippen molar-refractivity contribution in [3.05, 3.63) is 11.7 Å². The third-order valence-electron chi connectivity index (χ3n) is 2.99. The van der Waals surface area contributed by atoms with E-state index in [0.29, 0.717) is 11.3 Å². The van der Waals surface area contributed by atoms with Crippen molar-refractivity contribution < 1.29 is 4.52 Å². The smallest absolute Gasteiger partial charge is 0.226 e. The van der Waals surface area contributed by atoms with Crippen molar-refractivity contribution in [1.82, 2.24) is 15.5 Å². The van der Waals surface area contributed by atoms with Crippen LogP contribution in [0.4, 0.5) is 0 Å². The first-order valence-corrected chi connectivity index (χ1v) is 6.96. The van der Waals surface area contributed by atoms with Crippen molar-refractivity contribution in [2.45, 2.75) is 43.9 Å². The molecule has 0 amide bonds. The summed E-state index contributed by atoms with van der Waals surface area (Å²) in [4.78, 5) is 4.47. The molecule has 16 heavy (non-hydrogen) atoms. The van der Waals surface area contributed by atoms with Gasteiger partial charge in [-0.25, -0.2) is 0 Å². The van der Waals surface area contributed by atoms with Gasteiger partial charge in [-0.2, -0.15) is 16.7 Å². The molecule has 1 aliphatic rings. The number of hydrogen-bond acceptors (Lipinski definition) is 5. The zero-order valence-corrected chi connectivity index (χ0v) is 10.7. The van der Waals surface area contributed by atoms with E-state index in [4.69, 9.17) is 4.52 Å². The van der Waals surface area contributed by atoms with E-state index in [1.54, 1.807) is 0 Å². The van der Waals surface area contributed by atoms with Gasteiger partial charge >= 0.3 is 0 Å². The van der Waals surface area contributed by atoms with E-state index in [-0.39, 0.29) is 0 Å². The molecule has 1 aromatic heterocycles. The predicted octanol–water partition coefficient (Wildman–Crippen LogP) is 2.18. The van der Waals surface area contributed by atoms with Crippen LogP contribution in [-0.4, -0.2) is 29.0 Å². The Morgan fingerprint density at radius 2 is 2.50 bits per heavy atom. The maximum atomic E-state index is 5.27. The van der Waals surface area contributed by atoms with Crippen molar-refractivity contribution >= 4 is 11.8 Å². The van der Waals surface area contributed by atoms with Gasteiger partial charge in [0.1, 0.15) is 0 Å². The molecule has 90 valence electrons. The van der Waals surface area contributed by atoms with Crippen LogP contribution in [0.2, 0.25) is 0 Å². The maximum absolute atomic E-state index is 5.27. The summed E-state index contributed by atoms with van der Waals surface area (Å²) in [7, 11) is 1.97. The Bertz CT molecular complexity index is 323. The fourth-order valence-corrected chi connectivity index (χ4v) is 2.96. The molecule has 1 saturated heterocycles.